The van der Waals surface area contributed by atoms with Gasteiger partial charge in [-0.3, -0.25) is 9.78 Å². The summed E-state index contributed by atoms with van der Waals surface area (Å²) in [6.45, 7) is -1.79. The van der Waals surface area contributed by atoms with Gasteiger partial charge in [0, 0.05) is 31.1 Å². The summed E-state index contributed by atoms with van der Waals surface area (Å²) < 4.78 is 47.8. The first-order valence-electron chi connectivity index (χ1n) is 7.53. The molecule has 0 radical (unpaired) electrons. The van der Waals surface area contributed by atoms with Crippen molar-refractivity contribution in [3.05, 3.63) is 48.0 Å². The number of pyridine rings is 1. The van der Waals surface area contributed by atoms with E-state index >= 15 is 0 Å². The molecule has 1 heterocycles. The zero-order valence-corrected chi connectivity index (χ0v) is 13.3. The largest absolute Gasteiger partial charge is 0.432 e. The molecule has 0 spiro atoms. The average Bonchev–Trinajstić information content (AvgIpc) is 2.60. The number of carbonyl (C=O) groups excluding carboxylic acids is 1. The quantitative estimate of drug-likeness (QED) is 0.526. The Bertz CT molecular complexity index is 699. The minimum atomic E-state index is -3.10. The molecule has 0 unspecified atom stereocenters. The van der Waals surface area contributed by atoms with Gasteiger partial charge in [-0.15, -0.1) is 0 Å². The third kappa shape index (κ3) is 6.07. The Kier molecular flexibility index (Phi) is 7.21. The van der Waals surface area contributed by atoms with E-state index in [2.05, 4.69) is 15.0 Å². The van der Waals surface area contributed by atoms with Crippen LogP contribution in [0.2, 0.25) is 0 Å². The van der Waals surface area contributed by atoms with Crippen molar-refractivity contribution in [2.75, 3.05) is 13.2 Å². The van der Waals surface area contributed by atoms with Gasteiger partial charge in [-0.05, 0) is 35.7 Å². The minimum Gasteiger partial charge on any atom is -0.432 e. The lowest BCUT2D eigenvalue weighted by molar-refractivity contribution is -0.109. The first kappa shape index (κ1) is 18.7. The molecule has 0 bridgehead atoms. The van der Waals surface area contributed by atoms with Crippen molar-refractivity contribution in [2.24, 2.45) is 0 Å². The summed E-state index contributed by atoms with van der Waals surface area (Å²) >= 11 is 0. The number of hydrogen-bond donors (Lipinski definition) is 1. The molecule has 0 fully saturated rings. The lowest BCUT2D eigenvalue weighted by Crippen LogP contribution is -2.14. The van der Waals surface area contributed by atoms with Crippen LogP contribution in [0, 0.1) is 5.82 Å². The Morgan fingerprint density at radius 3 is 2.80 bits per heavy atom. The van der Waals surface area contributed by atoms with Gasteiger partial charge in [0.1, 0.15) is 0 Å². The molecule has 1 aromatic carbocycles. The lowest BCUT2D eigenvalue weighted by atomic mass is 10.1. The van der Waals surface area contributed by atoms with Crippen LogP contribution in [0.25, 0.3) is 11.1 Å². The Morgan fingerprint density at radius 1 is 1.20 bits per heavy atom. The lowest BCUT2D eigenvalue weighted by Gasteiger charge is -2.09. The van der Waals surface area contributed by atoms with E-state index in [0.717, 1.165) is 11.6 Å². The highest BCUT2D eigenvalue weighted by Gasteiger charge is 2.11. The molecule has 0 aliphatic rings. The van der Waals surface area contributed by atoms with E-state index in [1.807, 2.05) is 0 Å². The summed E-state index contributed by atoms with van der Waals surface area (Å²) in [6.07, 6.45) is 4.46. The highest BCUT2D eigenvalue weighted by Crippen LogP contribution is 2.27. The number of carbonyl (C=O) groups is 1. The molecule has 2 rings (SSSR count). The van der Waals surface area contributed by atoms with Crippen molar-refractivity contribution in [1.29, 1.82) is 0 Å². The van der Waals surface area contributed by atoms with Crippen LogP contribution in [0.5, 0.6) is 5.75 Å². The number of alkyl halides is 2. The van der Waals surface area contributed by atoms with Gasteiger partial charge in [-0.1, -0.05) is 6.07 Å². The molecule has 25 heavy (non-hydrogen) atoms. The summed E-state index contributed by atoms with van der Waals surface area (Å²) in [7, 11) is 0. The molecule has 5 nitrogen and oxygen atoms in total. The van der Waals surface area contributed by atoms with Crippen molar-refractivity contribution in [3.63, 3.8) is 0 Å². The zero-order chi connectivity index (χ0) is 18.1. The van der Waals surface area contributed by atoms with Crippen LogP contribution in [0.3, 0.4) is 0 Å². The maximum Gasteiger partial charge on any atom is 0.387 e. The van der Waals surface area contributed by atoms with Crippen molar-refractivity contribution in [3.8, 4) is 16.9 Å². The molecule has 0 atom stereocenters. The van der Waals surface area contributed by atoms with Crippen LogP contribution in [-0.4, -0.2) is 31.2 Å². The number of hydrogen-bond acceptors (Lipinski definition) is 4. The van der Waals surface area contributed by atoms with E-state index in [1.165, 1.54) is 18.3 Å². The monoisotopic (exact) mass is 354 g/mol. The highest BCUT2D eigenvalue weighted by atomic mass is 19.3. The second-order valence-electron chi connectivity index (χ2n) is 5.08. The molecular weight excluding hydrogens is 337 g/mol. The van der Waals surface area contributed by atoms with Crippen molar-refractivity contribution in [1.82, 2.24) is 10.3 Å². The summed E-state index contributed by atoms with van der Waals surface area (Å²) in [5, 5.41) is 2.53. The standard InChI is InChI=1S/C17H17F3N2O3/c18-15-3-2-13(7-16(15)25-17(19)20)14-6-12(8-22-9-14)10-24-5-1-4-21-11-23/h2-3,6-9,11,17H,1,4-5,10H2,(H,21,23). The number of amides is 1. The number of nitrogens with zero attached hydrogens (tertiary/aromatic N) is 1. The molecule has 0 aliphatic carbocycles. The second kappa shape index (κ2) is 9.63. The van der Waals surface area contributed by atoms with E-state index in [-0.39, 0.29) is 0 Å². The molecule has 0 saturated carbocycles. The Hall–Kier alpha value is -2.61. The maximum atomic E-state index is 13.5. The molecule has 8 heteroatoms. The number of nitrogens with one attached hydrogen (secondary N) is 1. The molecule has 0 saturated heterocycles. The van der Waals surface area contributed by atoms with E-state index < -0.39 is 18.2 Å². The molecule has 1 amide bonds. The number of ether oxygens (including phenoxy) is 2. The zero-order valence-electron chi connectivity index (χ0n) is 13.3. The van der Waals surface area contributed by atoms with Crippen LogP contribution in [0.4, 0.5) is 13.2 Å². The van der Waals surface area contributed by atoms with E-state index in [0.29, 0.717) is 43.7 Å². The molecule has 1 N–H and O–H groups in total. The van der Waals surface area contributed by atoms with Crippen LogP contribution in [-0.2, 0) is 16.1 Å². The van der Waals surface area contributed by atoms with Crippen molar-refractivity contribution in [2.45, 2.75) is 19.6 Å². The van der Waals surface area contributed by atoms with Gasteiger partial charge < -0.3 is 14.8 Å². The van der Waals surface area contributed by atoms with Crippen LogP contribution in [0.1, 0.15) is 12.0 Å². The molecule has 1 aromatic heterocycles. The van der Waals surface area contributed by atoms with Crippen LogP contribution < -0.4 is 10.1 Å². The first-order valence-corrected chi connectivity index (χ1v) is 7.53. The first-order chi connectivity index (χ1) is 12.1. The molecule has 134 valence electrons. The van der Waals surface area contributed by atoms with Crippen molar-refractivity contribution < 1.29 is 27.4 Å². The number of rotatable bonds is 10. The van der Waals surface area contributed by atoms with Crippen LogP contribution >= 0.6 is 0 Å². The fourth-order valence-electron chi connectivity index (χ4n) is 2.12. The average molecular weight is 354 g/mol. The Morgan fingerprint density at radius 2 is 2.04 bits per heavy atom. The number of halogens is 3. The van der Waals surface area contributed by atoms with Gasteiger partial charge in [0.15, 0.2) is 11.6 Å². The third-order valence-electron chi connectivity index (χ3n) is 3.24. The molecule has 0 aliphatic heterocycles. The summed E-state index contributed by atoms with van der Waals surface area (Å²) in [5.74, 6) is -1.38. The summed E-state index contributed by atoms with van der Waals surface area (Å²) in [6, 6.07) is 5.50. The van der Waals surface area contributed by atoms with E-state index in [9.17, 15) is 18.0 Å². The summed E-state index contributed by atoms with van der Waals surface area (Å²) in [4.78, 5) is 14.2. The number of benzene rings is 1. The van der Waals surface area contributed by atoms with Gasteiger partial charge in [0.25, 0.3) is 0 Å². The SMILES string of the molecule is O=CNCCCOCc1cncc(-c2ccc(F)c(OC(F)F)c2)c1. The topological polar surface area (TPSA) is 60.5 Å². The molecule has 2 aromatic rings. The van der Waals surface area contributed by atoms with E-state index in [1.54, 1.807) is 12.3 Å². The fraction of sp³-hybridized carbons (Fsp3) is 0.294. The van der Waals surface area contributed by atoms with E-state index in [4.69, 9.17) is 4.74 Å². The predicted octanol–water partition coefficient (Wildman–Crippen LogP) is 3.14. The van der Waals surface area contributed by atoms with Crippen LogP contribution in [0.15, 0.2) is 36.7 Å². The predicted molar refractivity (Wildman–Crippen MR) is 84.6 cm³/mol. The minimum absolute atomic E-state index is 0.309. The second-order valence-corrected chi connectivity index (χ2v) is 5.08. The highest BCUT2D eigenvalue weighted by molar-refractivity contribution is 5.65. The van der Waals surface area contributed by atoms with Gasteiger partial charge in [0.2, 0.25) is 6.41 Å². The number of aromatic nitrogens is 1. The Labute approximate surface area is 142 Å². The fourth-order valence-corrected chi connectivity index (χ4v) is 2.12. The third-order valence-corrected chi connectivity index (χ3v) is 3.24. The van der Waals surface area contributed by atoms with Gasteiger partial charge in [0.05, 0.1) is 6.61 Å². The summed E-state index contributed by atoms with van der Waals surface area (Å²) in [5.41, 5.74) is 1.91. The van der Waals surface area contributed by atoms with Crippen molar-refractivity contribution >= 4 is 6.41 Å². The van der Waals surface area contributed by atoms with Gasteiger partial charge in [-0.2, -0.15) is 8.78 Å². The Balaban J connectivity index is 2.02. The van der Waals surface area contributed by atoms with Gasteiger partial charge in [-0.25, -0.2) is 4.39 Å². The smallest absolute Gasteiger partial charge is 0.387 e. The maximum absolute atomic E-state index is 13.5. The van der Waals surface area contributed by atoms with Gasteiger partial charge >= 0.3 is 6.61 Å². The molecular formula is C17H17F3N2O3. The normalized spacial score (nSPS) is 10.7.